The Balaban J connectivity index is 1.20. The first-order valence-electron chi connectivity index (χ1n) is 13.5. The molecule has 0 fully saturated rings. The third-order valence-corrected chi connectivity index (χ3v) is 8.71. The van der Waals surface area contributed by atoms with Crippen LogP contribution in [0.25, 0.3) is 32.7 Å². The van der Waals surface area contributed by atoms with Crippen molar-refractivity contribution < 1.29 is 18.4 Å². The van der Waals surface area contributed by atoms with Crippen molar-refractivity contribution in [3.63, 3.8) is 0 Å². The minimum absolute atomic E-state index is 0.183. The molecule has 0 saturated heterocycles. The van der Waals surface area contributed by atoms with Crippen LogP contribution in [0.1, 0.15) is 31.3 Å². The molecule has 6 nitrogen and oxygen atoms in total. The molecule has 0 saturated carbocycles. The zero-order chi connectivity index (χ0) is 28.8. The van der Waals surface area contributed by atoms with Crippen LogP contribution in [0.4, 0.5) is 15.8 Å². The molecule has 1 aliphatic heterocycles. The summed E-state index contributed by atoms with van der Waals surface area (Å²) < 4.78 is 19.8. The molecule has 6 aromatic rings. The molecule has 3 aromatic heterocycles. The van der Waals surface area contributed by atoms with Crippen LogP contribution < -0.4 is 10.2 Å². The zero-order valence-electron chi connectivity index (χ0n) is 22.6. The topological polar surface area (TPSA) is 75.4 Å². The number of benzene rings is 3. The number of carbonyl (C=O) groups is 2. The van der Waals surface area contributed by atoms with Crippen molar-refractivity contribution >= 4 is 45.5 Å². The number of fused-ring (bicyclic) bond motifs is 4. The lowest BCUT2D eigenvalue weighted by molar-refractivity contribution is 0.0981. The predicted octanol–water partition coefficient (Wildman–Crippen LogP) is 8.13. The van der Waals surface area contributed by atoms with Crippen LogP contribution in [0, 0.1) is 12.7 Å². The van der Waals surface area contributed by atoms with Crippen molar-refractivity contribution in [3.8, 4) is 21.7 Å². The Kier molecular flexibility index (Phi) is 6.40. The molecule has 2 amide bonds. The molecule has 1 N–H and O–H groups in total. The highest BCUT2D eigenvalue weighted by molar-refractivity contribution is 7.17. The quantitative estimate of drug-likeness (QED) is 0.231. The van der Waals surface area contributed by atoms with E-state index in [1.165, 1.54) is 17.4 Å². The number of halogens is 1. The number of furan rings is 1. The van der Waals surface area contributed by atoms with Gasteiger partial charge in [-0.25, -0.2) is 9.37 Å². The highest BCUT2D eigenvalue weighted by Crippen LogP contribution is 2.42. The first kappa shape index (κ1) is 25.9. The van der Waals surface area contributed by atoms with Crippen molar-refractivity contribution in [1.82, 2.24) is 4.98 Å². The summed E-state index contributed by atoms with van der Waals surface area (Å²) in [6, 6.07) is 27.4. The number of para-hydroxylation sites is 2. The van der Waals surface area contributed by atoms with E-state index in [1.54, 1.807) is 36.3 Å². The van der Waals surface area contributed by atoms with Gasteiger partial charge in [0.2, 0.25) is 0 Å². The predicted molar refractivity (Wildman–Crippen MR) is 164 cm³/mol. The van der Waals surface area contributed by atoms with Crippen LogP contribution in [0.15, 0.2) is 102 Å². The summed E-state index contributed by atoms with van der Waals surface area (Å²) in [5, 5.41) is 3.71. The van der Waals surface area contributed by atoms with Crippen LogP contribution in [-0.2, 0) is 6.42 Å². The average Bonchev–Trinajstić information content (AvgIpc) is 3.63. The number of pyridine rings is 1. The van der Waals surface area contributed by atoms with E-state index in [4.69, 9.17) is 9.40 Å². The first-order chi connectivity index (χ1) is 20.5. The van der Waals surface area contributed by atoms with Crippen LogP contribution >= 0.6 is 11.3 Å². The largest absolute Gasteiger partial charge is 0.464 e. The van der Waals surface area contributed by atoms with Crippen LogP contribution in [0.2, 0.25) is 0 Å². The van der Waals surface area contributed by atoms with Gasteiger partial charge in [0.05, 0.1) is 28.2 Å². The molecule has 42 heavy (non-hydrogen) atoms. The van der Waals surface area contributed by atoms with E-state index in [2.05, 4.69) is 5.32 Å². The van der Waals surface area contributed by atoms with Gasteiger partial charge in [0.1, 0.15) is 17.1 Å². The molecule has 0 unspecified atom stereocenters. The summed E-state index contributed by atoms with van der Waals surface area (Å²) in [5.74, 6) is -1.03. The van der Waals surface area contributed by atoms with Crippen LogP contribution in [0.3, 0.4) is 0 Å². The third-order valence-electron chi connectivity index (χ3n) is 7.50. The minimum atomic E-state index is -0.472. The van der Waals surface area contributed by atoms with E-state index in [9.17, 15) is 14.0 Å². The molecule has 1 aliphatic rings. The summed E-state index contributed by atoms with van der Waals surface area (Å²) in [6.07, 6.45) is 2.20. The Labute approximate surface area is 245 Å². The number of thiophene rings is 1. The van der Waals surface area contributed by atoms with Crippen molar-refractivity contribution in [2.24, 2.45) is 0 Å². The molecule has 0 spiro atoms. The Morgan fingerprint density at radius 3 is 2.71 bits per heavy atom. The molecule has 4 heterocycles. The van der Waals surface area contributed by atoms with Gasteiger partial charge in [0, 0.05) is 27.9 Å². The Bertz CT molecular complexity index is 1990. The monoisotopic (exact) mass is 573 g/mol. The van der Waals surface area contributed by atoms with Gasteiger partial charge in [-0.3, -0.25) is 9.59 Å². The second-order valence-corrected chi connectivity index (χ2v) is 11.2. The van der Waals surface area contributed by atoms with Crippen molar-refractivity contribution in [2.75, 3.05) is 16.8 Å². The van der Waals surface area contributed by atoms with E-state index in [1.807, 2.05) is 66.7 Å². The number of amides is 2. The van der Waals surface area contributed by atoms with Gasteiger partial charge in [-0.2, -0.15) is 0 Å². The summed E-state index contributed by atoms with van der Waals surface area (Å²) in [5.41, 5.74) is 6.16. The molecule has 0 bridgehead atoms. The van der Waals surface area contributed by atoms with E-state index in [-0.39, 0.29) is 17.5 Å². The standard InChI is InChI=1S/C34H24FN3O3S/c1-20-6-4-8-25(35)31(20)37-33(39)30-19-23-14-16-38(28-11-3-2-7-24(28)32(23)42-30)34(40)27-10-5-9-26(36-27)21-12-13-29-22(18-21)15-17-41-29/h2-13,15,17-19H,14,16H2,1H3,(H,37,39). The lowest BCUT2D eigenvalue weighted by Crippen LogP contribution is -2.33. The highest BCUT2D eigenvalue weighted by atomic mass is 32.1. The molecule has 8 heteroatoms. The molecule has 0 atom stereocenters. The van der Waals surface area contributed by atoms with Gasteiger partial charge < -0.3 is 14.6 Å². The van der Waals surface area contributed by atoms with Gasteiger partial charge in [0.15, 0.2) is 0 Å². The fourth-order valence-corrected chi connectivity index (χ4v) is 6.50. The third kappa shape index (κ3) is 4.55. The molecular formula is C34H24FN3O3S. The van der Waals surface area contributed by atoms with Crippen molar-refractivity contribution in [2.45, 2.75) is 13.3 Å². The lowest BCUT2D eigenvalue weighted by atomic mass is 10.1. The van der Waals surface area contributed by atoms with E-state index in [0.29, 0.717) is 34.8 Å². The number of hydrogen-bond acceptors (Lipinski definition) is 5. The molecule has 0 aliphatic carbocycles. The van der Waals surface area contributed by atoms with Gasteiger partial charge in [-0.05, 0) is 79.1 Å². The molecule has 206 valence electrons. The van der Waals surface area contributed by atoms with Gasteiger partial charge >= 0.3 is 0 Å². The molecule has 7 rings (SSSR count). The Morgan fingerprint density at radius 1 is 0.976 bits per heavy atom. The van der Waals surface area contributed by atoms with Crippen molar-refractivity contribution in [1.29, 1.82) is 0 Å². The van der Waals surface area contributed by atoms with Gasteiger partial charge in [0.25, 0.3) is 11.8 Å². The molecular weight excluding hydrogens is 549 g/mol. The van der Waals surface area contributed by atoms with Gasteiger partial charge in [-0.1, -0.05) is 36.4 Å². The average molecular weight is 574 g/mol. The van der Waals surface area contributed by atoms with Crippen LogP contribution in [-0.4, -0.2) is 23.3 Å². The molecule has 0 radical (unpaired) electrons. The van der Waals surface area contributed by atoms with E-state index in [0.717, 1.165) is 38.2 Å². The fraction of sp³-hybridized carbons (Fsp3) is 0.0882. The maximum Gasteiger partial charge on any atom is 0.276 e. The second-order valence-electron chi connectivity index (χ2n) is 10.2. The maximum atomic E-state index is 14.4. The number of nitrogens with zero attached hydrogens (tertiary/aromatic N) is 2. The normalized spacial score (nSPS) is 12.5. The van der Waals surface area contributed by atoms with E-state index < -0.39 is 5.82 Å². The lowest BCUT2D eigenvalue weighted by Gasteiger charge is -2.23. The SMILES string of the molecule is Cc1cccc(F)c1NC(=O)c1cc2c(s1)-c1ccccc1N(C(=O)c1cccc(-c3ccc4occc4c3)n1)CC2. The number of hydrogen-bond donors (Lipinski definition) is 1. The summed E-state index contributed by atoms with van der Waals surface area (Å²) in [4.78, 5) is 35.0. The van der Waals surface area contributed by atoms with Gasteiger partial charge in [-0.15, -0.1) is 11.3 Å². The fourth-order valence-electron chi connectivity index (χ4n) is 5.36. The number of anilines is 2. The van der Waals surface area contributed by atoms with Crippen LogP contribution in [0.5, 0.6) is 0 Å². The minimum Gasteiger partial charge on any atom is -0.464 e. The number of carbonyl (C=O) groups excluding carboxylic acids is 2. The zero-order valence-corrected chi connectivity index (χ0v) is 23.4. The number of nitrogens with one attached hydrogen (secondary N) is 1. The Hall–Kier alpha value is -5.08. The Morgan fingerprint density at radius 2 is 1.83 bits per heavy atom. The summed E-state index contributed by atoms with van der Waals surface area (Å²) >= 11 is 1.35. The van der Waals surface area contributed by atoms with Crippen molar-refractivity contribution in [3.05, 3.63) is 125 Å². The molecule has 3 aromatic carbocycles. The summed E-state index contributed by atoms with van der Waals surface area (Å²) in [6.45, 7) is 2.17. The highest BCUT2D eigenvalue weighted by Gasteiger charge is 2.28. The summed E-state index contributed by atoms with van der Waals surface area (Å²) in [7, 11) is 0. The smallest absolute Gasteiger partial charge is 0.276 e. The number of aromatic nitrogens is 1. The number of rotatable bonds is 4. The van der Waals surface area contributed by atoms with E-state index >= 15 is 0 Å². The maximum absolute atomic E-state index is 14.4. The number of aryl methyl sites for hydroxylation is 1. The first-order valence-corrected chi connectivity index (χ1v) is 14.3. The second kappa shape index (κ2) is 10.4.